The Bertz CT molecular complexity index is 748. The Labute approximate surface area is 111 Å². The summed E-state index contributed by atoms with van der Waals surface area (Å²) in [5.41, 5.74) is 3.40. The first kappa shape index (κ1) is 11.6. The Balaban J connectivity index is 2.08. The molecule has 0 spiro atoms. The van der Waals surface area contributed by atoms with E-state index in [4.69, 9.17) is 0 Å². The molecule has 0 amide bonds. The highest BCUT2D eigenvalue weighted by Crippen LogP contribution is 2.17. The van der Waals surface area contributed by atoms with Gasteiger partial charge in [0.15, 0.2) is 5.78 Å². The van der Waals surface area contributed by atoms with Gasteiger partial charge in [-0.2, -0.15) is 0 Å². The standard InChI is InChI=1S/C17H13NO/c1-12-7-8-16-14(9-12)10-15(11-18-16)17(19)13-5-3-2-4-6-13/h2-11H,1H3. The topological polar surface area (TPSA) is 30.0 Å². The maximum Gasteiger partial charge on any atom is 0.194 e. The fraction of sp³-hybridized carbons (Fsp3) is 0.0588. The number of hydrogen-bond acceptors (Lipinski definition) is 2. The Morgan fingerprint density at radius 3 is 2.53 bits per heavy atom. The minimum atomic E-state index is 0.0107. The minimum Gasteiger partial charge on any atom is -0.289 e. The monoisotopic (exact) mass is 247 g/mol. The quantitative estimate of drug-likeness (QED) is 0.645. The van der Waals surface area contributed by atoms with Crippen LogP contribution in [-0.4, -0.2) is 10.8 Å². The van der Waals surface area contributed by atoms with Crippen molar-refractivity contribution in [3.63, 3.8) is 0 Å². The summed E-state index contributed by atoms with van der Waals surface area (Å²) in [6.45, 7) is 2.03. The van der Waals surface area contributed by atoms with Crippen LogP contribution in [0.15, 0.2) is 60.8 Å². The number of ketones is 1. The van der Waals surface area contributed by atoms with Crippen LogP contribution >= 0.6 is 0 Å². The van der Waals surface area contributed by atoms with E-state index in [1.807, 2.05) is 61.5 Å². The Morgan fingerprint density at radius 1 is 0.947 bits per heavy atom. The lowest BCUT2D eigenvalue weighted by molar-refractivity contribution is 0.103. The number of carbonyl (C=O) groups excluding carboxylic acids is 1. The average molecular weight is 247 g/mol. The van der Waals surface area contributed by atoms with Crippen molar-refractivity contribution in [3.05, 3.63) is 77.5 Å². The van der Waals surface area contributed by atoms with Crippen LogP contribution in [0, 0.1) is 6.92 Å². The van der Waals surface area contributed by atoms with Crippen LogP contribution in [0.3, 0.4) is 0 Å². The summed E-state index contributed by atoms with van der Waals surface area (Å²) in [7, 11) is 0. The van der Waals surface area contributed by atoms with Crippen LogP contribution in [0.2, 0.25) is 0 Å². The van der Waals surface area contributed by atoms with Crippen LogP contribution < -0.4 is 0 Å². The van der Waals surface area contributed by atoms with Gasteiger partial charge in [0.1, 0.15) is 0 Å². The SMILES string of the molecule is Cc1ccc2ncc(C(=O)c3ccccc3)cc2c1. The summed E-state index contributed by atoms with van der Waals surface area (Å²) >= 11 is 0. The van der Waals surface area contributed by atoms with Crippen molar-refractivity contribution in [3.8, 4) is 0 Å². The van der Waals surface area contributed by atoms with Crippen molar-refractivity contribution in [2.45, 2.75) is 6.92 Å². The summed E-state index contributed by atoms with van der Waals surface area (Å²) in [4.78, 5) is 16.7. The lowest BCUT2D eigenvalue weighted by atomic mass is 10.0. The normalized spacial score (nSPS) is 10.6. The molecule has 0 N–H and O–H groups in total. The molecule has 19 heavy (non-hydrogen) atoms. The van der Waals surface area contributed by atoms with Gasteiger partial charge in [0, 0.05) is 22.7 Å². The third-order valence-corrected chi connectivity index (χ3v) is 3.13. The molecule has 0 aliphatic heterocycles. The maximum atomic E-state index is 12.3. The number of aromatic nitrogens is 1. The van der Waals surface area contributed by atoms with Gasteiger partial charge in [0.05, 0.1) is 5.52 Å². The largest absolute Gasteiger partial charge is 0.289 e. The number of pyridine rings is 1. The summed E-state index contributed by atoms with van der Waals surface area (Å²) in [6.07, 6.45) is 1.65. The van der Waals surface area contributed by atoms with E-state index in [1.165, 1.54) is 5.56 Å². The van der Waals surface area contributed by atoms with Crippen molar-refractivity contribution in [2.24, 2.45) is 0 Å². The summed E-state index contributed by atoms with van der Waals surface area (Å²) in [6, 6.07) is 17.2. The molecule has 0 fully saturated rings. The minimum absolute atomic E-state index is 0.0107. The van der Waals surface area contributed by atoms with Crippen molar-refractivity contribution in [1.29, 1.82) is 0 Å². The van der Waals surface area contributed by atoms with Gasteiger partial charge >= 0.3 is 0 Å². The third-order valence-electron chi connectivity index (χ3n) is 3.13. The first-order valence-electron chi connectivity index (χ1n) is 6.20. The lowest BCUT2D eigenvalue weighted by Crippen LogP contribution is -2.01. The van der Waals surface area contributed by atoms with Gasteiger partial charge in [-0.25, -0.2) is 0 Å². The van der Waals surface area contributed by atoms with E-state index in [0.29, 0.717) is 11.1 Å². The predicted octanol–water partition coefficient (Wildman–Crippen LogP) is 3.77. The summed E-state index contributed by atoms with van der Waals surface area (Å²) in [5, 5.41) is 1.00. The number of aryl methyl sites for hydroxylation is 1. The molecular weight excluding hydrogens is 234 g/mol. The molecular formula is C17H13NO. The molecule has 0 aliphatic rings. The number of benzene rings is 2. The molecule has 2 aromatic carbocycles. The van der Waals surface area contributed by atoms with Crippen LogP contribution in [0.4, 0.5) is 0 Å². The number of carbonyl (C=O) groups is 1. The molecule has 0 saturated carbocycles. The van der Waals surface area contributed by atoms with Gasteiger partial charge in [0.25, 0.3) is 0 Å². The van der Waals surface area contributed by atoms with E-state index in [-0.39, 0.29) is 5.78 Å². The molecule has 2 heteroatoms. The van der Waals surface area contributed by atoms with Crippen molar-refractivity contribution in [1.82, 2.24) is 4.98 Å². The van der Waals surface area contributed by atoms with Crippen LogP contribution in [0.5, 0.6) is 0 Å². The molecule has 0 aliphatic carbocycles. The highest BCUT2D eigenvalue weighted by Gasteiger charge is 2.09. The van der Waals surface area contributed by atoms with E-state index in [9.17, 15) is 4.79 Å². The van der Waals surface area contributed by atoms with Gasteiger partial charge in [-0.3, -0.25) is 9.78 Å². The average Bonchev–Trinajstić information content (AvgIpc) is 2.46. The van der Waals surface area contributed by atoms with E-state index in [0.717, 1.165) is 10.9 Å². The molecule has 92 valence electrons. The molecule has 0 radical (unpaired) electrons. The molecule has 3 rings (SSSR count). The van der Waals surface area contributed by atoms with Crippen LogP contribution in [-0.2, 0) is 0 Å². The molecule has 2 nitrogen and oxygen atoms in total. The van der Waals surface area contributed by atoms with Gasteiger partial charge in [0.2, 0.25) is 0 Å². The smallest absolute Gasteiger partial charge is 0.194 e. The van der Waals surface area contributed by atoms with Crippen molar-refractivity contribution in [2.75, 3.05) is 0 Å². The first-order valence-corrected chi connectivity index (χ1v) is 6.20. The molecule has 0 atom stereocenters. The van der Waals surface area contributed by atoms with Crippen molar-refractivity contribution < 1.29 is 4.79 Å². The second-order valence-corrected chi connectivity index (χ2v) is 4.62. The highest BCUT2D eigenvalue weighted by molar-refractivity contribution is 6.10. The van der Waals surface area contributed by atoms with Crippen molar-refractivity contribution >= 4 is 16.7 Å². The summed E-state index contributed by atoms with van der Waals surface area (Å²) in [5.74, 6) is 0.0107. The predicted molar refractivity (Wildman–Crippen MR) is 76.4 cm³/mol. The number of hydrogen-bond donors (Lipinski definition) is 0. The second kappa shape index (κ2) is 4.65. The fourth-order valence-electron chi connectivity index (χ4n) is 2.13. The molecule has 0 bridgehead atoms. The Morgan fingerprint density at radius 2 is 1.74 bits per heavy atom. The Kier molecular flexibility index (Phi) is 2.84. The zero-order valence-electron chi connectivity index (χ0n) is 10.6. The zero-order valence-corrected chi connectivity index (χ0v) is 10.6. The molecule has 3 aromatic rings. The molecule has 1 aromatic heterocycles. The molecule has 1 heterocycles. The number of nitrogens with zero attached hydrogens (tertiary/aromatic N) is 1. The second-order valence-electron chi connectivity index (χ2n) is 4.62. The third kappa shape index (κ3) is 2.25. The van der Waals surface area contributed by atoms with Gasteiger partial charge in [-0.15, -0.1) is 0 Å². The Hall–Kier alpha value is -2.48. The fourth-order valence-corrected chi connectivity index (χ4v) is 2.13. The van der Waals surface area contributed by atoms with Gasteiger partial charge in [-0.05, 0) is 25.1 Å². The lowest BCUT2D eigenvalue weighted by Gasteiger charge is -2.03. The number of fused-ring (bicyclic) bond motifs is 1. The van der Waals surface area contributed by atoms with Gasteiger partial charge < -0.3 is 0 Å². The molecule has 0 saturated heterocycles. The van der Waals surface area contributed by atoms with E-state index >= 15 is 0 Å². The zero-order chi connectivity index (χ0) is 13.2. The van der Waals surface area contributed by atoms with E-state index in [2.05, 4.69) is 4.98 Å². The van der Waals surface area contributed by atoms with E-state index < -0.39 is 0 Å². The maximum absolute atomic E-state index is 12.3. The summed E-state index contributed by atoms with van der Waals surface area (Å²) < 4.78 is 0. The highest BCUT2D eigenvalue weighted by atomic mass is 16.1. The van der Waals surface area contributed by atoms with Crippen LogP contribution in [0.1, 0.15) is 21.5 Å². The van der Waals surface area contributed by atoms with E-state index in [1.54, 1.807) is 6.20 Å². The first-order chi connectivity index (χ1) is 9.24. The molecule has 0 unspecified atom stereocenters. The number of rotatable bonds is 2. The van der Waals surface area contributed by atoms with Gasteiger partial charge in [-0.1, -0.05) is 42.0 Å². The van der Waals surface area contributed by atoms with Crippen LogP contribution in [0.25, 0.3) is 10.9 Å².